The number of hydrogen-bond donors (Lipinski definition) is 1. The number of aliphatic hydroxyl groups excluding tert-OH is 1. The molecule has 1 atom stereocenters. The quantitative estimate of drug-likeness (QED) is 0.573. The second kappa shape index (κ2) is 7.07. The van der Waals surface area contributed by atoms with Crippen LogP contribution in [0.4, 0.5) is 0 Å². The average molecular weight is 147 g/mol. The van der Waals surface area contributed by atoms with E-state index in [1.165, 1.54) is 6.42 Å². The van der Waals surface area contributed by atoms with Crippen molar-refractivity contribution in [1.29, 1.82) is 0 Å². The summed E-state index contributed by atoms with van der Waals surface area (Å²) in [7, 11) is 0. The SMILES string of the molecule is [2H]C([2H])([2H])CC(O)CCCCCC. The van der Waals surface area contributed by atoms with Crippen LogP contribution in [0, 0.1) is 0 Å². The van der Waals surface area contributed by atoms with Gasteiger partial charge in [0.2, 0.25) is 0 Å². The maximum Gasteiger partial charge on any atom is 0.0537 e. The van der Waals surface area contributed by atoms with Crippen LogP contribution in [0.1, 0.15) is 56.4 Å². The lowest BCUT2D eigenvalue weighted by Crippen LogP contribution is -2.03. The predicted octanol–water partition coefficient (Wildman–Crippen LogP) is 2.73. The van der Waals surface area contributed by atoms with Crippen molar-refractivity contribution in [1.82, 2.24) is 0 Å². The van der Waals surface area contributed by atoms with E-state index < -0.39 is 13.0 Å². The van der Waals surface area contributed by atoms with Crippen molar-refractivity contribution in [3.8, 4) is 0 Å². The number of hydrogen-bond acceptors (Lipinski definition) is 1. The molecule has 0 aliphatic heterocycles. The number of unbranched alkanes of at least 4 members (excludes halogenated alkanes) is 3. The third-order valence-electron chi connectivity index (χ3n) is 1.63. The minimum Gasteiger partial charge on any atom is -0.393 e. The van der Waals surface area contributed by atoms with Crippen LogP contribution in [0.15, 0.2) is 0 Å². The van der Waals surface area contributed by atoms with Gasteiger partial charge in [-0.15, -0.1) is 0 Å². The molecule has 0 aromatic rings. The summed E-state index contributed by atoms with van der Waals surface area (Å²) in [6.45, 7) is 0.142. The highest BCUT2D eigenvalue weighted by molar-refractivity contribution is 4.51. The summed E-state index contributed by atoms with van der Waals surface area (Å²) in [6.07, 6.45) is 4.26. The molecule has 0 amide bonds. The Bertz CT molecular complexity index is 123. The minimum atomic E-state index is -1.98. The summed E-state index contributed by atoms with van der Waals surface area (Å²) in [4.78, 5) is 0. The zero-order valence-corrected chi connectivity index (χ0v) is 6.77. The molecule has 1 unspecified atom stereocenters. The van der Waals surface area contributed by atoms with Crippen molar-refractivity contribution in [2.75, 3.05) is 0 Å². The van der Waals surface area contributed by atoms with Crippen LogP contribution in [0.3, 0.4) is 0 Å². The Morgan fingerprint density at radius 1 is 1.40 bits per heavy atom. The van der Waals surface area contributed by atoms with Gasteiger partial charge in [-0.1, -0.05) is 39.5 Å². The van der Waals surface area contributed by atoms with E-state index in [4.69, 9.17) is 4.11 Å². The maximum absolute atomic E-state index is 9.32. The number of aliphatic hydroxyl groups is 1. The highest BCUT2D eigenvalue weighted by Gasteiger charge is 1.98. The lowest BCUT2D eigenvalue weighted by Gasteiger charge is -2.05. The van der Waals surface area contributed by atoms with Gasteiger partial charge in [0.1, 0.15) is 0 Å². The second-order valence-electron chi connectivity index (χ2n) is 2.71. The van der Waals surface area contributed by atoms with Crippen molar-refractivity contribution in [2.45, 2.75) is 58.4 Å². The molecule has 0 aromatic heterocycles. The molecule has 1 heteroatoms. The van der Waals surface area contributed by atoms with Crippen LogP contribution in [0.25, 0.3) is 0 Å². The fourth-order valence-electron chi connectivity index (χ4n) is 0.909. The van der Waals surface area contributed by atoms with Gasteiger partial charge >= 0.3 is 0 Å². The Balaban J connectivity index is 3.35. The Morgan fingerprint density at radius 2 is 2.20 bits per heavy atom. The predicted molar refractivity (Wildman–Crippen MR) is 45.1 cm³/mol. The molecule has 0 aliphatic rings. The highest BCUT2D eigenvalue weighted by Crippen LogP contribution is 2.06. The van der Waals surface area contributed by atoms with Crippen LogP contribution in [-0.4, -0.2) is 11.2 Å². The molecule has 0 aromatic carbocycles. The van der Waals surface area contributed by atoms with E-state index in [2.05, 4.69) is 6.92 Å². The molecule has 62 valence electrons. The Morgan fingerprint density at radius 3 is 2.80 bits per heavy atom. The van der Waals surface area contributed by atoms with Crippen molar-refractivity contribution in [2.24, 2.45) is 0 Å². The van der Waals surface area contributed by atoms with Gasteiger partial charge in [-0.2, -0.15) is 0 Å². The lowest BCUT2D eigenvalue weighted by molar-refractivity contribution is 0.156. The normalized spacial score (nSPS) is 19.2. The molecule has 0 aliphatic carbocycles. The van der Waals surface area contributed by atoms with E-state index >= 15 is 0 Å². The fraction of sp³-hybridized carbons (Fsp3) is 1.00. The van der Waals surface area contributed by atoms with Crippen LogP contribution >= 0.6 is 0 Å². The van der Waals surface area contributed by atoms with E-state index in [0.717, 1.165) is 19.3 Å². The van der Waals surface area contributed by atoms with E-state index in [1.54, 1.807) is 0 Å². The molecule has 0 saturated heterocycles. The minimum absolute atomic E-state index is 0.0703. The monoisotopic (exact) mass is 147 g/mol. The van der Waals surface area contributed by atoms with Crippen molar-refractivity contribution >= 4 is 0 Å². The summed E-state index contributed by atoms with van der Waals surface area (Å²) in [6, 6.07) is 0. The van der Waals surface area contributed by atoms with Gasteiger partial charge in [0.15, 0.2) is 0 Å². The topological polar surface area (TPSA) is 20.2 Å². The molecule has 0 spiro atoms. The second-order valence-corrected chi connectivity index (χ2v) is 2.71. The van der Waals surface area contributed by atoms with Gasteiger partial charge in [-0.05, 0) is 12.8 Å². The molecule has 1 nitrogen and oxygen atoms in total. The molecule has 0 fully saturated rings. The van der Waals surface area contributed by atoms with E-state index in [1.807, 2.05) is 0 Å². The van der Waals surface area contributed by atoms with Gasteiger partial charge in [-0.25, -0.2) is 0 Å². The van der Waals surface area contributed by atoms with E-state index in [0.29, 0.717) is 6.42 Å². The summed E-state index contributed by atoms with van der Waals surface area (Å²) < 4.78 is 20.9. The molecule has 0 heterocycles. The summed E-state index contributed by atoms with van der Waals surface area (Å²) in [5.74, 6) is 0. The molecule has 0 saturated carbocycles. The standard InChI is InChI=1S/C9H20O/c1-3-5-6-7-8-9(10)4-2/h9-10H,3-8H2,1-2H3/i2D3. The highest BCUT2D eigenvalue weighted by atomic mass is 16.3. The van der Waals surface area contributed by atoms with Crippen LogP contribution in [0.2, 0.25) is 0 Å². The van der Waals surface area contributed by atoms with Gasteiger partial charge in [0, 0.05) is 4.11 Å². The first kappa shape index (κ1) is 5.59. The molecule has 0 rings (SSSR count). The first-order valence-electron chi connectivity index (χ1n) is 5.64. The Hall–Kier alpha value is -0.0400. The summed E-state index contributed by atoms with van der Waals surface area (Å²) in [5, 5.41) is 9.32. The molecular weight excluding hydrogens is 124 g/mol. The molecule has 0 radical (unpaired) electrons. The van der Waals surface area contributed by atoms with Gasteiger partial charge in [0.05, 0.1) is 6.10 Å². The molecule has 1 N–H and O–H groups in total. The zero-order valence-electron chi connectivity index (χ0n) is 9.77. The molecule has 10 heavy (non-hydrogen) atoms. The zero-order chi connectivity index (χ0) is 10.3. The van der Waals surface area contributed by atoms with Crippen LogP contribution in [-0.2, 0) is 0 Å². The average Bonchev–Trinajstić information content (AvgIpc) is 1.94. The third kappa shape index (κ3) is 6.09. The van der Waals surface area contributed by atoms with E-state index in [9.17, 15) is 5.11 Å². The van der Waals surface area contributed by atoms with Gasteiger partial charge in [0.25, 0.3) is 0 Å². The summed E-state index contributed by atoms with van der Waals surface area (Å²) >= 11 is 0. The van der Waals surface area contributed by atoms with Crippen LogP contribution in [0.5, 0.6) is 0 Å². The van der Waals surface area contributed by atoms with Crippen LogP contribution < -0.4 is 0 Å². The van der Waals surface area contributed by atoms with Crippen molar-refractivity contribution < 1.29 is 9.22 Å². The maximum atomic E-state index is 9.32. The van der Waals surface area contributed by atoms with Crippen molar-refractivity contribution in [3.63, 3.8) is 0 Å². The number of rotatable bonds is 6. The fourth-order valence-corrected chi connectivity index (χ4v) is 0.909. The first-order chi connectivity index (χ1) is 5.95. The molecular formula is C9H20O. The Labute approximate surface area is 68.7 Å². The summed E-state index contributed by atoms with van der Waals surface area (Å²) in [5.41, 5.74) is 0. The van der Waals surface area contributed by atoms with Crippen molar-refractivity contribution in [3.05, 3.63) is 0 Å². The van der Waals surface area contributed by atoms with E-state index in [-0.39, 0.29) is 6.42 Å². The lowest BCUT2D eigenvalue weighted by atomic mass is 10.1. The van der Waals surface area contributed by atoms with Gasteiger partial charge < -0.3 is 5.11 Å². The first-order valence-corrected chi connectivity index (χ1v) is 4.14. The largest absolute Gasteiger partial charge is 0.393 e. The smallest absolute Gasteiger partial charge is 0.0537 e. The van der Waals surface area contributed by atoms with Gasteiger partial charge in [-0.3, -0.25) is 0 Å². The molecule has 0 bridgehead atoms. The Kier molecular flexibility index (Phi) is 3.95. The third-order valence-corrected chi connectivity index (χ3v) is 1.63.